The third-order valence-corrected chi connectivity index (χ3v) is 5.86. The highest BCUT2D eigenvalue weighted by molar-refractivity contribution is 7.90. The average Bonchev–Trinajstić information content (AvgIpc) is 2.45. The minimum Gasteiger partial charge on any atom is -0.480 e. The highest BCUT2D eigenvalue weighted by atomic mass is 32.2. The van der Waals surface area contributed by atoms with Gasteiger partial charge in [-0.25, -0.2) is 13.1 Å². The van der Waals surface area contributed by atoms with E-state index >= 15 is 0 Å². The molecule has 0 aliphatic carbocycles. The number of hydrogen-bond donors (Lipinski definition) is 2. The van der Waals surface area contributed by atoms with Crippen LogP contribution in [0, 0.1) is 0 Å². The molecule has 0 spiro atoms. The van der Waals surface area contributed by atoms with Crippen molar-refractivity contribution in [1.29, 1.82) is 0 Å². The molecule has 0 amide bonds. The van der Waals surface area contributed by atoms with E-state index in [-0.39, 0.29) is 6.42 Å². The summed E-state index contributed by atoms with van der Waals surface area (Å²) in [5, 5.41) is 11.4. The molecule has 5 nitrogen and oxygen atoms in total. The van der Waals surface area contributed by atoms with Crippen LogP contribution >= 0.6 is 0 Å². The minimum atomic E-state index is -3.74. The molecular formula is C17H21NO4S. The van der Waals surface area contributed by atoms with Gasteiger partial charge in [0.15, 0.2) is 0 Å². The van der Waals surface area contributed by atoms with Crippen LogP contribution in [0.2, 0.25) is 0 Å². The van der Waals surface area contributed by atoms with Gasteiger partial charge in [-0.3, -0.25) is 4.79 Å². The molecule has 0 unspecified atom stereocenters. The van der Waals surface area contributed by atoms with Gasteiger partial charge in [-0.15, -0.1) is 0 Å². The zero-order valence-electron chi connectivity index (χ0n) is 13.4. The lowest BCUT2D eigenvalue weighted by atomic mass is 10.0. The summed E-state index contributed by atoms with van der Waals surface area (Å²) >= 11 is 0. The average molecular weight is 335 g/mol. The second kappa shape index (κ2) is 6.29. The zero-order chi connectivity index (χ0) is 17.3. The van der Waals surface area contributed by atoms with E-state index in [0.717, 1.165) is 16.3 Å². The van der Waals surface area contributed by atoms with Crippen molar-refractivity contribution in [3.05, 3.63) is 48.0 Å². The quantitative estimate of drug-likeness (QED) is 0.879. The molecule has 2 aromatic carbocycles. The summed E-state index contributed by atoms with van der Waals surface area (Å²) in [5.74, 6) is -1.19. The smallest absolute Gasteiger partial charge is 0.322 e. The van der Waals surface area contributed by atoms with E-state index in [1.807, 2.05) is 42.5 Å². The Kier molecular flexibility index (Phi) is 4.77. The van der Waals surface area contributed by atoms with Crippen molar-refractivity contribution in [2.24, 2.45) is 0 Å². The van der Waals surface area contributed by atoms with Gasteiger partial charge in [0.2, 0.25) is 10.0 Å². The van der Waals surface area contributed by atoms with Crippen molar-refractivity contribution in [3.63, 3.8) is 0 Å². The van der Waals surface area contributed by atoms with Gasteiger partial charge in [-0.05, 0) is 43.5 Å². The molecule has 2 N–H and O–H groups in total. The molecule has 0 aromatic heterocycles. The van der Waals surface area contributed by atoms with Crippen LogP contribution in [-0.2, 0) is 21.2 Å². The normalized spacial score (nSPS) is 13.9. The SMILES string of the molecule is CC(C)(C)S(=O)(=O)N[C@@H](Cc1ccc2ccccc2c1)C(=O)O. The predicted molar refractivity (Wildman–Crippen MR) is 90.9 cm³/mol. The fourth-order valence-corrected chi connectivity index (χ4v) is 3.06. The monoisotopic (exact) mass is 335 g/mol. The number of carbonyl (C=O) groups is 1. The second-order valence-electron chi connectivity index (χ2n) is 6.51. The summed E-state index contributed by atoms with van der Waals surface area (Å²) in [6.45, 7) is 4.60. The number of fused-ring (bicyclic) bond motifs is 1. The summed E-state index contributed by atoms with van der Waals surface area (Å²) in [7, 11) is -3.74. The maximum Gasteiger partial charge on any atom is 0.322 e. The van der Waals surface area contributed by atoms with Crippen LogP contribution < -0.4 is 4.72 Å². The summed E-state index contributed by atoms with van der Waals surface area (Å²) < 4.78 is 25.6. The molecule has 0 aliphatic heterocycles. The summed E-state index contributed by atoms with van der Waals surface area (Å²) in [5.41, 5.74) is 0.771. The maximum absolute atomic E-state index is 12.2. The first-order valence-corrected chi connectivity index (χ1v) is 8.81. The number of sulfonamides is 1. The molecule has 2 rings (SSSR count). The van der Waals surface area contributed by atoms with Gasteiger partial charge >= 0.3 is 5.97 Å². The number of rotatable bonds is 5. The predicted octanol–water partition coefficient (Wildman–Crippen LogP) is 2.55. The Morgan fingerprint density at radius 2 is 1.74 bits per heavy atom. The van der Waals surface area contributed by atoms with Gasteiger partial charge < -0.3 is 5.11 Å². The number of nitrogens with one attached hydrogen (secondary N) is 1. The molecule has 2 aromatic rings. The minimum absolute atomic E-state index is 0.0927. The molecule has 0 aliphatic rings. The summed E-state index contributed by atoms with van der Waals surface area (Å²) in [4.78, 5) is 11.4. The van der Waals surface area contributed by atoms with E-state index in [0.29, 0.717) is 0 Å². The van der Waals surface area contributed by atoms with Gasteiger partial charge in [-0.1, -0.05) is 42.5 Å². The number of carboxylic acids is 1. The lowest BCUT2D eigenvalue weighted by molar-refractivity contribution is -0.138. The lowest BCUT2D eigenvalue weighted by Gasteiger charge is -2.23. The van der Waals surface area contributed by atoms with E-state index in [2.05, 4.69) is 4.72 Å². The van der Waals surface area contributed by atoms with Gasteiger partial charge in [0.05, 0.1) is 4.75 Å². The Hall–Kier alpha value is -1.92. The highest BCUT2D eigenvalue weighted by Crippen LogP contribution is 2.18. The third-order valence-electron chi connectivity index (χ3n) is 3.66. The number of hydrogen-bond acceptors (Lipinski definition) is 3. The first-order valence-electron chi connectivity index (χ1n) is 7.32. The lowest BCUT2D eigenvalue weighted by Crippen LogP contribution is -2.48. The summed E-state index contributed by atoms with van der Waals surface area (Å²) in [6.07, 6.45) is 0.0927. The van der Waals surface area contributed by atoms with E-state index in [1.165, 1.54) is 20.8 Å². The molecule has 0 bridgehead atoms. The van der Waals surface area contributed by atoms with Crippen LogP contribution in [0.5, 0.6) is 0 Å². The van der Waals surface area contributed by atoms with Crippen molar-refractivity contribution in [3.8, 4) is 0 Å². The third kappa shape index (κ3) is 4.09. The van der Waals surface area contributed by atoms with Crippen LogP contribution in [0.25, 0.3) is 10.8 Å². The molecule has 0 heterocycles. The van der Waals surface area contributed by atoms with Gasteiger partial charge in [0.1, 0.15) is 6.04 Å². The molecule has 23 heavy (non-hydrogen) atoms. The fourth-order valence-electron chi connectivity index (χ4n) is 2.14. The second-order valence-corrected chi connectivity index (χ2v) is 8.98. The Balaban J connectivity index is 2.27. The van der Waals surface area contributed by atoms with Gasteiger partial charge in [-0.2, -0.15) is 0 Å². The van der Waals surface area contributed by atoms with Crippen LogP contribution in [0.15, 0.2) is 42.5 Å². The molecule has 6 heteroatoms. The fraction of sp³-hybridized carbons (Fsp3) is 0.353. The van der Waals surface area contributed by atoms with Crippen LogP contribution in [-0.4, -0.2) is 30.3 Å². The molecule has 0 fully saturated rings. The van der Waals surface area contributed by atoms with Crippen molar-refractivity contribution >= 4 is 26.8 Å². The molecular weight excluding hydrogens is 314 g/mol. The topological polar surface area (TPSA) is 83.5 Å². The molecule has 1 atom stereocenters. The maximum atomic E-state index is 12.2. The van der Waals surface area contributed by atoms with E-state index < -0.39 is 26.8 Å². The van der Waals surface area contributed by atoms with Crippen molar-refractivity contribution < 1.29 is 18.3 Å². The van der Waals surface area contributed by atoms with Crippen LogP contribution in [0.4, 0.5) is 0 Å². The van der Waals surface area contributed by atoms with E-state index in [1.54, 1.807) is 0 Å². The highest BCUT2D eigenvalue weighted by Gasteiger charge is 2.33. The number of carboxylic acid groups (broad SMARTS) is 1. The van der Waals surface area contributed by atoms with Crippen molar-refractivity contribution in [2.75, 3.05) is 0 Å². The Labute approximate surface area is 136 Å². The Bertz CT molecular complexity index is 822. The first-order chi connectivity index (χ1) is 10.6. The standard InChI is InChI=1S/C17H21NO4S/c1-17(2,3)23(21,22)18-15(16(19)20)11-12-8-9-13-6-4-5-7-14(13)10-12/h4-10,15,18H,11H2,1-3H3,(H,19,20)/t15-/m0/s1. The molecule has 0 saturated heterocycles. The van der Waals surface area contributed by atoms with Gasteiger partial charge in [0, 0.05) is 0 Å². The Morgan fingerprint density at radius 1 is 1.13 bits per heavy atom. The largest absolute Gasteiger partial charge is 0.480 e. The van der Waals surface area contributed by atoms with Crippen molar-refractivity contribution in [1.82, 2.24) is 4.72 Å². The zero-order valence-corrected chi connectivity index (χ0v) is 14.2. The van der Waals surface area contributed by atoms with Crippen molar-refractivity contribution in [2.45, 2.75) is 38.0 Å². The Morgan fingerprint density at radius 3 is 2.30 bits per heavy atom. The molecule has 0 radical (unpaired) electrons. The summed E-state index contributed by atoms with van der Waals surface area (Å²) in [6, 6.07) is 12.2. The molecule has 124 valence electrons. The van der Waals surface area contributed by atoms with E-state index in [4.69, 9.17) is 0 Å². The number of benzene rings is 2. The van der Waals surface area contributed by atoms with Crippen LogP contribution in [0.1, 0.15) is 26.3 Å². The van der Waals surface area contributed by atoms with Gasteiger partial charge in [0.25, 0.3) is 0 Å². The van der Waals surface area contributed by atoms with Crippen LogP contribution in [0.3, 0.4) is 0 Å². The molecule has 0 saturated carbocycles. The van der Waals surface area contributed by atoms with E-state index in [9.17, 15) is 18.3 Å². The first kappa shape index (κ1) is 17.4. The number of aliphatic carboxylic acids is 1.